The molecule has 0 spiro atoms. The van der Waals surface area contributed by atoms with Crippen LogP contribution in [0.25, 0.3) is 11.3 Å². The largest absolute Gasteiger partial charge is 0.435 e. The zero-order chi connectivity index (χ0) is 19.3. The summed E-state index contributed by atoms with van der Waals surface area (Å²) in [5.41, 5.74) is 8.95. The first-order chi connectivity index (χ1) is 12.3. The van der Waals surface area contributed by atoms with Gasteiger partial charge in [0.2, 0.25) is 23.7 Å². The zero-order valence-electron chi connectivity index (χ0n) is 13.9. The van der Waals surface area contributed by atoms with Gasteiger partial charge in [0.1, 0.15) is 5.75 Å². The van der Waals surface area contributed by atoms with Crippen molar-refractivity contribution in [2.24, 2.45) is 10.8 Å². The lowest BCUT2D eigenvalue weighted by Crippen LogP contribution is -2.43. The van der Waals surface area contributed by atoms with Gasteiger partial charge < -0.3 is 15.5 Å². The van der Waals surface area contributed by atoms with Crippen LogP contribution in [0.15, 0.2) is 35.6 Å². The molecule has 138 valence electrons. The standard InChI is InChI=1S/C15H16F2N6O3/c1-8(24)21-22-14(18)23(9(2)25)15-19-7-12(20-15)10-3-5-11(6-4-10)26-13(16)17/h3-7,13H,1-2H3,(H2,18,22)(H,19,20)(H,21,24). The molecule has 26 heavy (non-hydrogen) atoms. The summed E-state index contributed by atoms with van der Waals surface area (Å²) in [4.78, 5) is 30.6. The number of alkyl halides is 2. The molecule has 0 radical (unpaired) electrons. The van der Waals surface area contributed by atoms with Gasteiger partial charge in [-0.25, -0.2) is 15.3 Å². The second kappa shape index (κ2) is 8.05. The maximum absolute atomic E-state index is 12.2. The molecule has 1 aromatic carbocycles. The van der Waals surface area contributed by atoms with E-state index in [1.54, 1.807) is 12.1 Å². The van der Waals surface area contributed by atoms with Gasteiger partial charge in [-0.15, -0.1) is 5.10 Å². The second-order valence-electron chi connectivity index (χ2n) is 5.02. The summed E-state index contributed by atoms with van der Waals surface area (Å²) in [5.74, 6) is -1.14. The molecule has 11 heteroatoms. The fraction of sp³-hybridized carbons (Fsp3) is 0.200. The number of carbonyl (C=O) groups is 2. The number of imidazole rings is 1. The van der Waals surface area contributed by atoms with Gasteiger partial charge in [-0.05, 0) is 29.8 Å². The predicted molar refractivity (Wildman–Crippen MR) is 89.3 cm³/mol. The highest BCUT2D eigenvalue weighted by molar-refractivity contribution is 6.13. The van der Waals surface area contributed by atoms with Crippen LogP contribution in [0.1, 0.15) is 13.8 Å². The lowest BCUT2D eigenvalue weighted by atomic mass is 10.2. The number of guanidine groups is 1. The number of hydrazone groups is 1. The second-order valence-corrected chi connectivity index (χ2v) is 5.02. The molecule has 2 aromatic rings. The number of nitrogens with one attached hydrogen (secondary N) is 2. The quantitative estimate of drug-likeness (QED) is 0.419. The van der Waals surface area contributed by atoms with Crippen LogP contribution in [0.4, 0.5) is 14.7 Å². The number of amides is 2. The Balaban J connectivity index is 2.24. The molecule has 0 aliphatic heterocycles. The van der Waals surface area contributed by atoms with Crippen molar-refractivity contribution in [3.63, 3.8) is 0 Å². The predicted octanol–water partition coefficient (Wildman–Crippen LogP) is 1.40. The molecule has 0 bridgehead atoms. The number of nitrogens with two attached hydrogens (primary N) is 1. The SMILES string of the molecule is CC(=O)NN=C(N)N(C(C)=O)c1ncc(-c2ccc(OC(F)F)cc2)[nH]1. The van der Waals surface area contributed by atoms with Gasteiger partial charge in [-0.3, -0.25) is 9.59 Å². The number of halogens is 2. The van der Waals surface area contributed by atoms with Crippen LogP contribution in [-0.2, 0) is 9.59 Å². The summed E-state index contributed by atoms with van der Waals surface area (Å²) >= 11 is 0. The highest BCUT2D eigenvalue weighted by Crippen LogP contribution is 2.23. The number of hydrogen-bond donors (Lipinski definition) is 3. The third-order valence-corrected chi connectivity index (χ3v) is 3.04. The van der Waals surface area contributed by atoms with Crippen molar-refractivity contribution in [2.75, 3.05) is 4.90 Å². The van der Waals surface area contributed by atoms with Crippen LogP contribution in [-0.4, -0.2) is 34.4 Å². The number of benzene rings is 1. The Kier molecular flexibility index (Phi) is 5.83. The summed E-state index contributed by atoms with van der Waals surface area (Å²) in [6, 6.07) is 5.83. The maximum atomic E-state index is 12.2. The molecule has 9 nitrogen and oxygen atoms in total. The van der Waals surface area contributed by atoms with Crippen molar-refractivity contribution in [3.05, 3.63) is 30.5 Å². The number of carbonyl (C=O) groups excluding carboxylic acids is 2. The van der Waals surface area contributed by atoms with Gasteiger partial charge >= 0.3 is 6.61 Å². The smallest absolute Gasteiger partial charge is 0.387 e. The average molecular weight is 366 g/mol. The van der Waals surface area contributed by atoms with Crippen molar-refractivity contribution in [2.45, 2.75) is 20.5 Å². The molecule has 0 atom stereocenters. The average Bonchev–Trinajstić information content (AvgIpc) is 3.02. The Labute approximate surface area is 146 Å². The number of nitrogens with zero attached hydrogens (tertiary/aromatic N) is 3. The normalized spacial score (nSPS) is 11.3. The van der Waals surface area contributed by atoms with E-state index in [1.165, 1.54) is 32.2 Å². The van der Waals surface area contributed by atoms with E-state index in [1.807, 2.05) is 0 Å². The Morgan fingerprint density at radius 2 is 1.96 bits per heavy atom. The van der Waals surface area contributed by atoms with E-state index in [0.717, 1.165) is 4.90 Å². The molecule has 0 unspecified atom stereocenters. The van der Waals surface area contributed by atoms with E-state index in [-0.39, 0.29) is 17.7 Å². The van der Waals surface area contributed by atoms with Crippen molar-refractivity contribution in [1.82, 2.24) is 15.4 Å². The van der Waals surface area contributed by atoms with E-state index in [2.05, 4.69) is 25.2 Å². The van der Waals surface area contributed by atoms with Crippen LogP contribution in [0.3, 0.4) is 0 Å². The van der Waals surface area contributed by atoms with Crippen LogP contribution >= 0.6 is 0 Å². The minimum Gasteiger partial charge on any atom is -0.435 e. The summed E-state index contributed by atoms with van der Waals surface area (Å²) in [5, 5.41) is 3.60. The summed E-state index contributed by atoms with van der Waals surface area (Å²) in [6.07, 6.45) is 1.43. The molecule has 0 saturated heterocycles. The molecule has 0 aliphatic rings. The van der Waals surface area contributed by atoms with Gasteiger partial charge in [0.05, 0.1) is 11.9 Å². The molecule has 2 rings (SSSR count). The summed E-state index contributed by atoms with van der Waals surface area (Å²) in [6.45, 7) is -0.426. The first kappa shape index (κ1) is 18.8. The molecule has 1 heterocycles. The molecular weight excluding hydrogens is 350 g/mol. The lowest BCUT2D eigenvalue weighted by Gasteiger charge is -2.16. The van der Waals surface area contributed by atoms with Crippen molar-refractivity contribution in [3.8, 4) is 17.0 Å². The number of anilines is 1. The maximum Gasteiger partial charge on any atom is 0.387 e. The van der Waals surface area contributed by atoms with Gasteiger partial charge in [-0.1, -0.05) is 0 Å². The number of rotatable bonds is 5. The van der Waals surface area contributed by atoms with Crippen LogP contribution in [0.5, 0.6) is 5.75 Å². The third kappa shape index (κ3) is 4.75. The van der Waals surface area contributed by atoms with E-state index in [4.69, 9.17) is 5.73 Å². The summed E-state index contributed by atoms with van der Waals surface area (Å²) < 4.78 is 28.6. The van der Waals surface area contributed by atoms with Crippen LogP contribution < -0.4 is 20.8 Å². The van der Waals surface area contributed by atoms with Crippen molar-refractivity contribution < 1.29 is 23.1 Å². The van der Waals surface area contributed by atoms with Crippen LogP contribution in [0, 0.1) is 0 Å². The van der Waals surface area contributed by atoms with E-state index >= 15 is 0 Å². The Morgan fingerprint density at radius 1 is 1.31 bits per heavy atom. The third-order valence-electron chi connectivity index (χ3n) is 3.04. The number of aromatic amines is 1. The Bertz CT molecular complexity index is 819. The fourth-order valence-electron chi connectivity index (χ4n) is 1.99. The highest BCUT2D eigenvalue weighted by atomic mass is 19.3. The lowest BCUT2D eigenvalue weighted by molar-refractivity contribution is -0.119. The van der Waals surface area contributed by atoms with E-state index < -0.39 is 18.4 Å². The van der Waals surface area contributed by atoms with Crippen molar-refractivity contribution >= 4 is 23.7 Å². The van der Waals surface area contributed by atoms with Crippen LogP contribution in [0.2, 0.25) is 0 Å². The molecular formula is C15H16F2N6O3. The zero-order valence-corrected chi connectivity index (χ0v) is 13.9. The minimum atomic E-state index is -2.91. The molecule has 4 N–H and O–H groups in total. The Hall–Kier alpha value is -3.50. The minimum absolute atomic E-state index is 0.0144. The van der Waals surface area contributed by atoms with Crippen molar-refractivity contribution in [1.29, 1.82) is 0 Å². The first-order valence-corrected chi connectivity index (χ1v) is 7.28. The highest BCUT2D eigenvalue weighted by Gasteiger charge is 2.20. The number of H-pyrrole nitrogens is 1. The monoisotopic (exact) mass is 366 g/mol. The Morgan fingerprint density at radius 3 is 2.50 bits per heavy atom. The van der Waals surface area contributed by atoms with Gasteiger partial charge in [0.15, 0.2) is 0 Å². The molecule has 0 aliphatic carbocycles. The number of hydrogen-bond acceptors (Lipinski definition) is 5. The summed E-state index contributed by atoms with van der Waals surface area (Å²) in [7, 11) is 0. The van der Waals surface area contributed by atoms with Gasteiger partial charge in [0.25, 0.3) is 0 Å². The van der Waals surface area contributed by atoms with E-state index in [9.17, 15) is 18.4 Å². The molecule has 0 saturated carbocycles. The van der Waals surface area contributed by atoms with Gasteiger partial charge in [-0.2, -0.15) is 8.78 Å². The number of ether oxygens (including phenoxy) is 1. The molecule has 1 aromatic heterocycles. The fourth-order valence-corrected chi connectivity index (χ4v) is 1.99. The molecule has 0 fully saturated rings. The first-order valence-electron chi connectivity index (χ1n) is 7.28. The van der Waals surface area contributed by atoms with E-state index in [0.29, 0.717) is 11.3 Å². The number of aromatic nitrogens is 2. The van der Waals surface area contributed by atoms with Gasteiger partial charge in [0, 0.05) is 13.8 Å². The molecule has 2 amide bonds. The topological polar surface area (TPSA) is 126 Å².